The molecule has 5 rings (SSSR count). The molecule has 43 heavy (non-hydrogen) atoms. The molecule has 1 aliphatic rings. The molecular formula is C35H36N2O5S. The molecule has 1 aliphatic heterocycles. The van der Waals surface area contributed by atoms with Crippen molar-refractivity contribution < 1.29 is 19.0 Å². The Morgan fingerprint density at radius 2 is 1.65 bits per heavy atom. The SMILES string of the molecule is CCOC(=O)C1=C(C)N=c2s/c(=C\c3ccc(OCc4c(C)cc(C)cc4C)cc3)c(=O)n2[C@@H]1c1ccccc1OCC. The molecule has 1 aromatic heterocycles. The first-order valence-corrected chi connectivity index (χ1v) is 15.2. The minimum Gasteiger partial charge on any atom is -0.494 e. The number of carbonyl (C=O) groups is 1. The van der Waals surface area contributed by atoms with Crippen LogP contribution >= 0.6 is 11.3 Å². The normalized spacial score (nSPS) is 14.7. The number of nitrogens with zero attached hydrogens (tertiary/aromatic N) is 2. The first kappa shape index (κ1) is 30.0. The van der Waals surface area contributed by atoms with Gasteiger partial charge in [0.25, 0.3) is 5.56 Å². The summed E-state index contributed by atoms with van der Waals surface area (Å²) in [5.74, 6) is 0.855. The fourth-order valence-corrected chi connectivity index (χ4v) is 6.53. The van der Waals surface area contributed by atoms with E-state index in [0.717, 1.165) is 11.3 Å². The zero-order chi connectivity index (χ0) is 30.7. The lowest BCUT2D eigenvalue weighted by molar-refractivity contribution is -0.139. The van der Waals surface area contributed by atoms with Crippen LogP contribution in [0.5, 0.6) is 11.5 Å². The summed E-state index contributed by atoms with van der Waals surface area (Å²) in [5, 5.41) is 0. The monoisotopic (exact) mass is 596 g/mol. The number of aryl methyl sites for hydroxylation is 3. The standard InChI is InChI=1S/C35H36N2O5S/c1-7-40-29-12-10-9-11-27(29)32-31(34(39)41-8-2)24(6)36-35-37(32)33(38)30(43-35)19-25-13-15-26(16-14-25)42-20-28-22(4)17-21(3)18-23(28)5/h9-19,32H,7-8,20H2,1-6H3/b30-19-/t32-/m1/s1. The largest absolute Gasteiger partial charge is 0.494 e. The van der Waals surface area contributed by atoms with E-state index in [9.17, 15) is 9.59 Å². The summed E-state index contributed by atoms with van der Waals surface area (Å²) in [6.07, 6.45) is 1.84. The summed E-state index contributed by atoms with van der Waals surface area (Å²) in [6, 6.07) is 18.7. The van der Waals surface area contributed by atoms with E-state index in [1.807, 2.05) is 61.5 Å². The maximum absolute atomic E-state index is 14.0. The van der Waals surface area contributed by atoms with Crippen LogP contribution in [0.3, 0.4) is 0 Å². The van der Waals surface area contributed by atoms with E-state index in [1.165, 1.54) is 33.6 Å². The van der Waals surface area contributed by atoms with Gasteiger partial charge in [0.05, 0.1) is 29.0 Å². The summed E-state index contributed by atoms with van der Waals surface area (Å²) in [5.41, 5.74) is 7.03. The third kappa shape index (κ3) is 6.20. The Kier molecular flexibility index (Phi) is 8.97. The summed E-state index contributed by atoms with van der Waals surface area (Å²) in [6.45, 7) is 12.9. The molecule has 2 heterocycles. The van der Waals surface area contributed by atoms with Crippen molar-refractivity contribution in [1.29, 1.82) is 0 Å². The second kappa shape index (κ2) is 12.8. The number of esters is 1. The van der Waals surface area contributed by atoms with Crippen molar-refractivity contribution >= 4 is 23.4 Å². The van der Waals surface area contributed by atoms with Gasteiger partial charge in [0.1, 0.15) is 24.1 Å². The van der Waals surface area contributed by atoms with E-state index in [0.29, 0.717) is 45.1 Å². The van der Waals surface area contributed by atoms with E-state index in [1.54, 1.807) is 18.4 Å². The zero-order valence-electron chi connectivity index (χ0n) is 25.4. The van der Waals surface area contributed by atoms with Crippen LogP contribution in [-0.4, -0.2) is 23.8 Å². The minimum atomic E-state index is -0.732. The second-order valence-corrected chi connectivity index (χ2v) is 11.5. The highest BCUT2D eigenvalue weighted by molar-refractivity contribution is 7.07. The fourth-order valence-electron chi connectivity index (χ4n) is 5.48. The molecule has 0 unspecified atom stereocenters. The van der Waals surface area contributed by atoms with Crippen LogP contribution in [-0.2, 0) is 16.1 Å². The topological polar surface area (TPSA) is 79.1 Å². The molecule has 7 nitrogen and oxygen atoms in total. The Bertz CT molecular complexity index is 1860. The van der Waals surface area contributed by atoms with Crippen LogP contribution < -0.4 is 24.4 Å². The maximum atomic E-state index is 14.0. The summed E-state index contributed by atoms with van der Waals surface area (Å²) in [4.78, 5) is 32.3. The molecule has 0 saturated heterocycles. The van der Waals surface area contributed by atoms with Crippen LogP contribution in [0.15, 0.2) is 81.7 Å². The van der Waals surface area contributed by atoms with Crippen molar-refractivity contribution in [2.45, 2.75) is 54.2 Å². The van der Waals surface area contributed by atoms with Crippen molar-refractivity contribution in [2.75, 3.05) is 13.2 Å². The highest BCUT2D eigenvalue weighted by Gasteiger charge is 2.35. The molecular weight excluding hydrogens is 560 g/mol. The number of hydrogen-bond acceptors (Lipinski definition) is 7. The van der Waals surface area contributed by atoms with Gasteiger partial charge >= 0.3 is 5.97 Å². The number of benzene rings is 3. The lowest BCUT2D eigenvalue weighted by atomic mass is 9.95. The smallest absolute Gasteiger partial charge is 0.338 e. The quantitative estimate of drug-likeness (QED) is 0.232. The van der Waals surface area contributed by atoms with Gasteiger partial charge in [-0.2, -0.15) is 0 Å². The van der Waals surface area contributed by atoms with Crippen molar-refractivity contribution in [1.82, 2.24) is 4.57 Å². The maximum Gasteiger partial charge on any atom is 0.338 e. The van der Waals surface area contributed by atoms with E-state index >= 15 is 0 Å². The van der Waals surface area contributed by atoms with Crippen LogP contribution in [0, 0.1) is 20.8 Å². The molecule has 0 aliphatic carbocycles. The Morgan fingerprint density at radius 3 is 2.33 bits per heavy atom. The van der Waals surface area contributed by atoms with Gasteiger partial charge in [-0.3, -0.25) is 9.36 Å². The first-order valence-electron chi connectivity index (χ1n) is 14.4. The molecule has 0 spiro atoms. The van der Waals surface area contributed by atoms with Crippen molar-refractivity contribution in [3.05, 3.63) is 125 Å². The van der Waals surface area contributed by atoms with Crippen molar-refractivity contribution in [3.63, 3.8) is 0 Å². The average Bonchev–Trinajstić information content (AvgIpc) is 3.27. The van der Waals surface area contributed by atoms with Gasteiger partial charge in [-0.25, -0.2) is 9.79 Å². The molecule has 0 N–H and O–H groups in total. The van der Waals surface area contributed by atoms with Crippen LogP contribution in [0.2, 0.25) is 0 Å². The summed E-state index contributed by atoms with van der Waals surface area (Å²) >= 11 is 1.29. The fraction of sp³-hybridized carbons (Fsp3) is 0.286. The number of ether oxygens (including phenoxy) is 3. The minimum absolute atomic E-state index is 0.212. The number of thiazole rings is 1. The predicted octanol–water partition coefficient (Wildman–Crippen LogP) is 5.70. The van der Waals surface area contributed by atoms with E-state index < -0.39 is 12.0 Å². The molecule has 0 amide bonds. The number of para-hydroxylation sites is 1. The average molecular weight is 597 g/mol. The molecule has 0 radical (unpaired) electrons. The van der Waals surface area contributed by atoms with Gasteiger partial charge in [0.15, 0.2) is 4.80 Å². The van der Waals surface area contributed by atoms with E-state index in [-0.39, 0.29) is 12.2 Å². The van der Waals surface area contributed by atoms with Crippen LogP contribution in [0.25, 0.3) is 6.08 Å². The third-order valence-corrected chi connectivity index (χ3v) is 8.41. The molecule has 1 atom stereocenters. The Labute approximate surface area is 255 Å². The zero-order valence-corrected chi connectivity index (χ0v) is 26.2. The second-order valence-electron chi connectivity index (χ2n) is 10.5. The van der Waals surface area contributed by atoms with Gasteiger partial charge in [0.2, 0.25) is 0 Å². The van der Waals surface area contributed by atoms with Crippen LogP contribution in [0.1, 0.15) is 60.2 Å². The molecule has 222 valence electrons. The Balaban J connectivity index is 1.51. The summed E-state index contributed by atoms with van der Waals surface area (Å²) < 4.78 is 19.5. The molecule has 0 bridgehead atoms. The predicted molar refractivity (Wildman–Crippen MR) is 169 cm³/mol. The van der Waals surface area contributed by atoms with E-state index in [2.05, 4.69) is 37.9 Å². The first-order chi connectivity index (χ1) is 20.7. The van der Waals surface area contributed by atoms with Crippen molar-refractivity contribution in [2.24, 2.45) is 4.99 Å². The van der Waals surface area contributed by atoms with Gasteiger partial charge in [-0.05, 0) is 88.1 Å². The molecule has 0 fully saturated rings. The number of rotatable bonds is 9. The van der Waals surface area contributed by atoms with Gasteiger partial charge in [-0.1, -0.05) is 59.4 Å². The number of allylic oxidation sites excluding steroid dienone is 1. The third-order valence-electron chi connectivity index (χ3n) is 7.43. The number of fused-ring (bicyclic) bond motifs is 1. The molecule has 8 heteroatoms. The van der Waals surface area contributed by atoms with Gasteiger partial charge < -0.3 is 14.2 Å². The Morgan fingerprint density at radius 1 is 0.953 bits per heavy atom. The van der Waals surface area contributed by atoms with Gasteiger partial charge in [-0.15, -0.1) is 0 Å². The number of aromatic nitrogens is 1. The highest BCUT2D eigenvalue weighted by Crippen LogP contribution is 2.35. The van der Waals surface area contributed by atoms with E-state index in [4.69, 9.17) is 14.2 Å². The lowest BCUT2D eigenvalue weighted by Crippen LogP contribution is -2.40. The molecule has 4 aromatic rings. The summed E-state index contributed by atoms with van der Waals surface area (Å²) in [7, 11) is 0. The van der Waals surface area contributed by atoms with Crippen LogP contribution in [0.4, 0.5) is 0 Å². The highest BCUT2D eigenvalue weighted by atomic mass is 32.1. The molecule has 3 aromatic carbocycles. The number of carbonyl (C=O) groups excluding carboxylic acids is 1. The number of hydrogen-bond donors (Lipinski definition) is 0. The Hall–Kier alpha value is -4.43. The lowest BCUT2D eigenvalue weighted by Gasteiger charge is -2.26. The van der Waals surface area contributed by atoms with Crippen molar-refractivity contribution in [3.8, 4) is 11.5 Å². The molecule has 0 saturated carbocycles. The van der Waals surface area contributed by atoms with Gasteiger partial charge in [0, 0.05) is 5.56 Å².